The highest BCUT2D eigenvalue weighted by atomic mass is 16.5. The highest BCUT2D eigenvalue weighted by Gasteiger charge is 2.65. The summed E-state index contributed by atoms with van der Waals surface area (Å²) < 4.78 is 6.16. The van der Waals surface area contributed by atoms with Crippen molar-refractivity contribution in [2.75, 3.05) is 26.2 Å². The SMILES string of the molecule is CCN=C(NC1CCN(C2CCCC2)C1)NC1C2CCOC2C12CCCC2. The van der Waals surface area contributed by atoms with Gasteiger partial charge in [0.2, 0.25) is 0 Å². The topological polar surface area (TPSA) is 48.9 Å². The molecular weight excluding hydrogens is 336 g/mol. The predicted molar refractivity (Wildman–Crippen MR) is 109 cm³/mol. The largest absolute Gasteiger partial charge is 0.377 e. The van der Waals surface area contributed by atoms with E-state index in [1.165, 1.54) is 77.3 Å². The molecule has 0 aromatic carbocycles. The third kappa shape index (κ3) is 3.19. The monoisotopic (exact) mass is 374 g/mol. The highest BCUT2D eigenvalue weighted by Crippen LogP contribution is 2.60. The third-order valence-electron chi connectivity index (χ3n) is 8.30. The Morgan fingerprint density at radius 2 is 1.89 bits per heavy atom. The van der Waals surface area contributed by atoms with Gasteiger partial charge in [-0.1, -0.05) is 25.7 Å². The van der Waals surface area contributed by atoms with E-state index in [0.717, 1.165) is 25.2 Å². The van der Waals surface area contributed by atoms with E-state index in [1.807, 2.05) is 0 Å². The zero-order valence-electron chi connectivity index (χ0n) is 17.1. The Balaban J connectivity index is 1.22. The zero-order valence-corrected chi connectivity index (χ0v) is 17.1. The average Bonchev–Trinajstić information content (AvgIpc) is 3.46. The number of guanidine groups is 1. The minimum Gasteiger partial charge on any atom is -0.377 e. The van der Waals surface area contributed by atoms with Gasteiger partial charge in [-0.2, -0.15) is 0 Å². The fraction of sp³-hybridized carbons (Fsp3) is 0.955. The number of rotatable bonds is 4. The summed E-state index contributed by atoms with van der Waals surface area (Å²) in [5.41, 5.74) is 0.392. The second-order valence-electron chi connectivity index (χ2n) is 9.69. The fourth-order valence-corrected chi connectivity index (χ4v) is 7.04. The molecule has 3 saturated carbocycles. The van der Waals surface area contributed by atoms with E-state index in [1.54, 1.807) is 0 Å². The maximum absolute atomic E-state index is 6.16. The summed E-state index contributed by atoms with van der Waals surface area (Å²) in [6, 6.07) is 1.97. The maximum Gasteiger partial charge on any atom is 0.191 e. The molecule has 0 aromatic heterocycles. The molecule has 5 aliphatic rings. The van der Waals surface area contributed by atoms with Crippen LogP contribution >= 0.6 is 0 Å². The van der Waals surface area contributed by atoms with Crippen molar-refractivity contribution in [2.24, 2.45) is 16.3 Å². The van der Waals surface area contributed by atoms with E-state index in [0.29, 0.717) is 29.5 Å². The van der Waals surface area contributed by atoms with Crippen molar-refractivity contribution >= 4 is 5.96 Å². The molecule has 5 fully saturated rings. The third-order valence-corrected chi connectivity index (χ3v) is 8.30. The van der Waals surface area contributed by atoms with E-state index in [4.69, 9.17) is 9.73 Å². The first-order valence-corrected chi connectivity index (χ1v) is 11.7. The molecule has 152 valence electrons. The number of nitrogens with one attached hydrogen (secondary N) is 2. The second kappa shape index (κ2) is 7.55. The quantitative estimate of drug-likeness (QED) is 0.587. The molecule has 0 bridgehead atoms. The number of fused-ring (bicyclic) bond motifs is 2. The van der Waals surface area contributed by atoms with Gasteiger partial charge in [-0.15, -0.1) is 0 Å². The number of hydrogen-bond acceptors (Lipinski definition) is 3. The first-order chi connectivity index (χ1) is 13.3. The van der Waals surface area contributed by atoms with E-state index >= 15 is 0 Å². The number of likely N-dealkylation sites (tertiary alicyclic amines) is 1. The molecule has 0 radical (unpaired) electrons. The number of aliphatic imine (C=N–C) groups is 1. The van der Waals surface area contributed by atoms with E-state index in [2.05, 4.69) is 22.5 Å². The Bertz CT molecular complexity index is 553. The number of hydrogen-bond donors (Lipinski definition) is 2. The molecule has 0 aromatic rings. The van der Waals surface area contributed by atoms with Crippen LogP contribution in [0.4, 0.5) is 0 Å². The molecule has 5 rings (SSSR count). The van der Waals surface area contributed by atoms with E-state index in [-0.39, 0.29) is 0 Å². The maximum atomic E-state index is 6.16. The van der Waals surface area contributed by atoms with Crippen molar-refractivity contribution in [1.29, 1.82) is 0 Å². The lowest BCUT2D eigenvalue weighted by Gasteiger charge is -2.57. The number of ether oxygens (including phenoxy) is 1. The van der Waals surface area contributed by atoms with Crippen molar-refractivity contribution in [3.8, 4) is 0 Å². The van der Waals surface area contributed by atoms with Gasteiger partial charge < -0.3 is 15.4 Å². The van der Waals surface area contributed by atoms with Gasteiger partial charge in [0.15, 0.2) is 5.96 Å². The first kappa shape index (κ1) is 18.2. The standard InChI is InChI=1S/C22H38N4O/c1-2-23-21(24-16-9-13-26(15-16)17-7-3-4-8-17)25-19-18-10-14-27-20(18)22(19)11-5-6-12-22/h16-20H,2-15H2,1H3,(H2,23,24,25). The van der Waals surface area contributed by atoms with Crippen LogP contribution in [0, 0.1) is 11.3 Å². The Morgan fingerprint density at radius 1 is 1.07 bits per heavy atom. The molecule has 2 N–H and O–H groups in total. The molecule has 5 nitrogen and oxygen atoms in total. The van der Waals surface area contributed by atoms with E-state index in [9.17, 15) is 0 Å². The van der Waals surface area contributed by atoms with Gasteiger partial charge in [0, 0.05) is 55.7 Å². The van der Waals surface area contributed by atoms with Gasteiger partial charge >= 0.3 is 0 Å². The minimum absolute atomic E-state index is 0.392. The lowest BCUT2D eigenvalue weighted by molar-refractivity contribution is -0.125. The molecule has 4 unspecified atom stereocenters. The van der Waals surface area contributed by atoms with Gasteiger partial charge in [0.1, 0.15) is 0 Å². The molecule has 5 heteroatoms. The molecule has 0 amide bonds. The predicted octanol–water partition coefficient (Wildman–Crippen LogP) is 2.91. The van der Waals surface area contributed by atoms with Gasteiger partial charge in [0.25, 0.3) is 0 Å². The van der Waals surface area contributed by atoms with Crippen molar-refractivity contribution in [1.82, 2.24) is 15.5 Å². The lowest BCUT2D eigenvalue weighted by Crippen LogP contribution is -2.69. The smallest absolute Gasteiger partial charge is 0.191 e. The van der Waals surface area contributed by atoms with Crippen LogP contribution in [0.25, 0.3) is 0 Å². The zero-order chi connectivity index (χ0) is 18.3. The summed E-state index contributed by atoms with van der Waals surface area (Å²) in [6.45, 7) is 6.41. The van der Waals surface area contributed by atoms with E-state index < -0.39 is 0 Å². The van der Waals surface area contributed by atoms with Gasteiger partial charge in [0.05, 0.1) is 6.10 Å². The minimum atomic E-state index is 0.392. The summed E-state index contributed by atoms with van der Waals surface area (Å²) in [6.07, 6.45) is 14.1. The van der Waals surface area contributed by atoms with Crippen LogP contribution < -0.4 is 10.6 Å². The fourth-order valence-electron chi connectivity index (χ4n) is 7.04. The average molecular weight is 375 g/mol. The van der Waals surface area contributed by atoms with Crippen LogP contribution in [0.2, 0.25) is 0 Å². The van der Waals surface area contributed by atoms with Crippen LogP contribution in [0.3, 0.4) is 0 Å². The van der Waals surface area contributed by atoms with Crippen molar-refractivity contribution in [3.05, 3.63) is 0 Å². The van der Waals surface area contributed by atoms with Gasteiger partial charge in [-0.3, -0.25) is 9.89 Å². The molecule has 1 spiro atoms. The summed E-state index contributed by atoms with van der Waals surface area (Å²) in [7, 11) is 0. The molecule has 27 heavy (non-hydrogen) atoms. The normalized spacial score (nSPS) is 39.1. The Morgan fingerprint density at radius 3 is 2.67 bits per heavy atom. The Kier molecular flexibility index (Phi) is 5.10. The first-order valence-electron chi connectivity index (χ1n) is 11.7. The molecular formula is C22H38N4O. The molecule has 2 heterocycles. The van der Waals surface area contributed by atoms with Gasteiger partial charge in [-0.25, -0.2) is 0 Å². The van der Waals surface area contributed by atoms with Crippen LogP contribution in [0.5, 0.6) is 0 Å². The van der Waals surface area contributed by atoms with Crippen LogP contribution in [-0.2, 0) is 4.74 Å². The molecule has 2 aliphatic heterocycles. The van der Waals surface area contributed by atoms with Crippen molar-refractivity contribution < 1.29 is 4.74 Å². The summed E-state index contributed by atoms with van der Waals surface area (Å²) in [4.78, 5) is 7.57. The molecule has 3 aliphatic carbocycles. The van der Waals surface area contributed by atoms with Crippen LogP contribution in [0.15, 0.2) is 4.99 Å². The van der Waals surface area contributed by atoms with Crippen LogP contribution in [-0.4, -0.2) is 61.3 Å². The lowest BCUT2D eigenvalue weighted by atomic mass is 9.54. The summed E-state index contributed by atoms with van der Waals surface area (Å²) in [5, 5.41) is 7.72. The summed E-state index contributed by atoms with van der Waals surface area (Å²) >= 11 is 0. The highest BCUT2D eigenvalue weighted by molar-refractivity contribution is 5.81. The van der Waals surface area contributed by atoms with Gasteiger partial charge in [-0.05, 0) is 45.4 Å². The Hall–Kier alpha value is -0.810. The molecule has 4 atom stereocenters. The summed E-state index contributed by atoms with van der Waals surface area (Å²) in [5.74, 6) is 1.77. The second-order valence-corrected chi connectivity index (χ2v) is 9.69. The number of nitrogens with zero attached hydrogens (tertiary/aromatic N) is 2. The van der Waals surface area contributed by atoms with Crippen molar-refractivity contribution in [3.63, 3.8) is 0 Å². The molecule has 2 saturated heterocycles. The van der Waals surface area contributed by atoms with Crippen molar-refractivity contribution in [2.45, 2.75) is 95.4 Å². The Labute approximate surface area is 164 Å². The van der Waals surface area contributed by atoms with Crippen LogP contribution in [0.1, 0.15) is 71.1 Å².